The van der Waals surface area contributed by atoms with E-state index < -0.39 is 0 Å². The van der Waals surface area contributed by atoms with E-state index in [1.165, 1.54) is 25.7 Å². The van der Waals surface area contributed by atoms with E-state index in [0.29, 0.717) is 0 Å². The van der Waals surface area contributed by atoms with E-state index in [-0.39, 0.29) is 0 Å². The third-order valence-electron chi connectivity index (χ3n) is 4.26. The fourth-order valence-corrected chi connectivity index (χ4v) is 5.87. The van der Waals surface area contributed by atoms with Crippen LogP contribution in [-0.2, 0) is 0 Å². The van der Waals surface area contributed by atoms with Crippen molar-refractivity contribution in [1.29, 1.82) is 0 Å². The first-order chi connectivity index (χ1) is 5.86. The molecule has 0 N–H and O–H groups in total. The minimum absolute atomic E-state index is 0.918. The van der Waals surface area contributed by atoms with Gasteiger partial charge in [-0.1, -0.05) is 10.8 Å². The van der Waals surface area contributed by atoms with Crippen LogP contribution in [0, 0.1) is 23.7 Å². The van der Waals surface area contributed by atoms with Crippen LogP contribution in [0.5, 0.6) is 0 Å². The Morgan fingerprint density at radius 2 is 1.33 bits per heavy atom. The second-order valence-electron chi connectivity index (χ2n) is 5.00. The summed E-state index contributed by atoms with van der Waals surface area (Å²) in [5.41, 5.74) is 0. The predicted molar refractivity (Wildman–Crippen MR) is 57.4 cm³/mol. The van der Waals surface area contributed by atoms with Crippen LogP contribution in [-0.4, -0.2) is 5.25 Å². The molecule has 0 spiro atoms. The second-order valence-corrected chi connectivity index (χ2v) is 6.39. The monoisotopic (exact) mass is 200 g/mol. The van der Waals surface area contributed by atoms with Crippen molar-refractivity contribution in [2.24, 2.45) is 23.7 Å². The normalized spacial score (nSPS) is 56.2. The Labute approximate surface area is 83.7 Å². The average molecular weight is 200 g/mol. The van der Waals surface area contributed by atoms with Crippen molar-refractivity contribution in [2.45, 2.75) is 37.4 Å². The summed E-state index contributed by atoms with van der Waals surface area (Å²) in [6.45, 7) is 0. The summed E-state index contributed by atoms with van der Waals surface area (Å²) in [4.78, 5) is 0. The van der Waals surface area contributed by atoms with Crippen molar-refractivity contribution in [3.63, 3.8) is 0 Å². The van der Waals surface area contributed by atoms with E-state index in [1.807, 2.05) is 10.8 Å². The molecule has 0 aliphatic heterocycles. The molecule has 0 atom stereocenters. The third-order valence-corrected chi connectivity index (χ3v) is 6.01. The topological polar surface area (TPSA) is 0 Å². The molecule has 4 saturated carbocycles. The molecule has 4 fully saturated rings. The van der Waals surface area contributed by atoms with Gasteiger partial charge in [0, 0.05) is 5.25 Å². The summed E-state index contributed by atoms with van der Waals surface area (Å²) in [5, 5.41) is 0.918. The average Bonchev–Trinajstić information content (AvgIpc) is 2.02. The number of rotatable bonds is 1. The third kappa shape index (κ3) is 1.07. The van der Waals surface area contributed by atoms with Gasteiger partial charge < -0.3 is 0 Å². The van der Waals surface area contributed by atoms with Gasteiger partial charge >= 0.3 is 0 Å². The Kier molecular flexibility index (Phi) is 1.91. The number of thiol groups is 1. The molecule has 0 radical (unpaired) electrons. The maximum absolute atomic E-state index is 4.43. The molecule has 0 nitrogen and oxygen atoms in total. The lowest BCUT2D eigenvalue weighted by Gasteiger charge is -2.53. The van der Waals surface area contributed by atoms with Crippen molar-refractivity contribution < 1.29 is 0 Å². The molecule has 0 aromatic rings. The molecule has 0 unspecified atom stereocenters. The standard InChI is InChI=1S/C10H16S2/c11-12-10-8-2-6-1-7(4-8)5-9(10)3-6/h6-11H,1-5H2. The SMILES string of the molecule is SSC1C2CC3CC(C2)CC1C3. The summed E-state index contributed by atoms with van der Waals surface area (Å²) in [5.74, 6) is 4.32. The first kappa shape index (κ1) is 8.05. The Bertz CT molecular complexity index is 162. The molecular formula is C10H16S2. The number of hydrogen-bond acceptors (Lipinski definition) is 2. The highest BCUT2D eigenvalue weighted by atomic mass is 33.1. The Morgan fingerprint density at radius 1 is 0.833 bits per heavy atom. The van der Waals surface area contributed by atoms with E-state index in [4.69, 9.17) is 0 Å². The van der Waals surface area contributed by atoms with Gasteiger partial charge in [0.05, 0.1) is 0 Å². The molecule has 4 bridgehead atoms. The Balaban J connectivity index is 1.86. The van der Waals surface area contributed by atoms with Gasteiger partial charge in [-0.05, 0) is 55.8 Å². The van der Waals surface area contributed by atoms with E-state index in [1.54, 1.807) is 6.42 Å². The summed E-state index contributed by atoms with van der Waals surface area (Å²) in [6.07, 6.45) is 7.70. The zero-order chi connectivity index (χ0) is 8.13. The Hall–Kier alpha value is 0.700. The smallest absolute Gasteiger partial charge is 0.0205 e. The fourth-order valence-electron chi connectivity index (χ4n) is 4.05. The zero-order valence-electron chi connectivity index (χ0n) is 7.28. The summed E-state index contributed by atoms with van der Waals surface area (Å²) >= 11 is 4.43. The van der Waals surface area contributed by atoms with Gasteiger partial charge in [0.15, 0.2) is 0 Å². The molecule has 0 heterocycles. The molecular weight excluding hydrogens is 184 g/mol. The zero-order valence-corrected chi connectivity index (χ0v) is 8.99. The van der Waals surface area contributed by atoms with Crippen LogP contribution in [0.1, 0.15) is 32.1 Å². The van der Waals surface area contributed by atoms with Gasteiger partial charge in [-0.25, -0.2) is 0 Å². The Morgan fingerprint density at radius 3 is 1.75 bits per heavy atom. The van der Waals surface area contributed by atoms with Gasteiger partial charge in [0.1, 0.15) is 0 Å². The van der Waals surface area contributed by atoms with Gasteiger partial charge in [-0.2, -0.15) is 0 Å². The van der Waals surface area contributed by atoms with Gasteiger partial charge in [-0.3, -0.25) is 0 Å². The molecule has 4 aliphatic rings. The first-order valence-corrected chi connectivity index (χ1v) is 7.10. The van der Waals surface area contributed by atoms with Crippen molar-refractivity contribution in [2.75, 3.05) is 0 Å². The minimum atomic E-state index is 0.918. The second kappa shape index (κ2) is 2.84. The van der Waals surface area contributed by atoms with Crippen molar-refractivity contribution in [3.05, 3.63) is 0 Å². The molecule has 0 aromatic carbocycles. The molecule has 68 valence electrons. The lowest BCUT2D eigenvalue weighted by molar-refractivity contribution is 0.0272. The van der Waals surface area contributed by atoms with E-state index in [0.717, 1.165) is 28.9 Å². The van der Waals surface area contributed by atoms with Crippen LogP contribution in [0.3, 0.4) is 0 Å². The molecule has 12 heavy (non-hydrogen) atoms. The minimum Gasteiger partial charge on any atom is -0.111 e. The molecule has 4 aliphatic carbocycles. The summed E-state index contributed by atoms with van der Waals surface area (Å²) in [6, 6.07) is 0. The lowest BCUT2D eigenvalue weighted by Crippen LogP contribution is -2.46. The molecule has 0 aromatic heterocycles. The van der Waals surface area contributed by atoms with E-state index in [2.05, 4.69) is 11.7 Å². The van der Waals surface area contributed by atoms with Crippen LogP contribution in [0.15, 0.2) is 0 Å². The largest absolute Gasteiger partial charge is 0.111 e. The predicted octanol–water partition coefficient (Wildman–Crippen LogP) is 3.39. The van der Waals surface area contributed by atoms with Crippen molar-refractivity contribution >= 4 is 22.5 Å². The van der Waals surface area contributed by atoms with Crippen LogP contribution in [0.2, 0.25) is 0 Å². The van der Waals surface area contributed by atoms with Crippen LogP contribution in [0.4, 0.5) is 0 Å². The number of hydrogen-bond donors (Lipinski definition) is 1. The maximum atomic E-state index is 4.43. The molecule has 2 heteroatoms. The highest BCUT2D eigenvalue weighted by Gasteiger charge is 2.47. The lowest BCUT2D eigenvalue weighted by atomic mass is 9.56. The highest BCUT2D eigenvalue weighted by Crippen LogP contribution is 2.57. The van der Waals surface area contributed by atoms with E-state index in [9.17, 15) is 0 Å². The van der Waals surface area contributed by atoms with E-state index >= 15 is 0 Å². The highest BCUT2D eigenvalue weighted by molar-refractivity contribution is 8.68. The molecule has 4 rings (SSSR count). The van der Waals surface area contributed by atoms with Crippen molar-refractivity contribution in [1.82, 2.24) is 0 Å². The van der Waals surface area contributed by atoms with Crippen LogP contribution in [0.25, 0.3) is 0 Å². The first-order valence-electron chi connectivity index (χ1n) is 5.17. The van der Waals surface area contributed by atoms with Gasteiger partial charge in [0.2, 0.25) is 0 Å². The molecule has 0 amide bonds. The quantitative estimate of drug-likeness (QED) is 0.500. The van der Waals surface area contributed by atoms with Crippen LogP contribution >= 0.6 is 22.5 Å². The van der Waals surface area contributed by atoms with Crippen LogP contribution < -0.4 is 0 Å². The van der Waals surface area contributed by atoms with Crippen molar-refractivity contribution in [3.8, 4) is 0 Å². The summed E-state index contributed by atoms with van der Waals surface area (Å²) in [7, 11) is 1.85. The summed E-state index contributed by atoms with van der Waals surface area (Å²) < 4.78 is 0. The van der Waals surface area contributed by atoms with Gasteiger partial charge in [0.25, 0.3) is 0 Å². The maximum Gasteiger partial charge on any atom is 0.0205 e. The van der Waals surface area contributed by atoms with Gasteiger partial charge in [-0.15, -0.1) is 11.7 Å². The molecule has 0 saturated heterocycles. The fraction of sp³-hybridized carbons (Fsp3) is 1.00.